The average molecular weight is 421 g/mol. The lowest BCUT2D eigenvalue weighted by atomic mass is 10.1. The van der Waals surface area contributed by atoms with Crippen molar-refractivity contribution in [3.8, 4) is 0 Å². The second-order valence-corrected chi connectivity index (χ2v) is 8.35. The van der Waals surface area contributed by atoms with E-state index in [9.17, 15) is 9.18 Å². The van der Waals surface area contributed by atoms with Crippen molar-refractivity contribution in [1.29, 1.82) is 0 Å². The molecule has 0 aliphatic rings. The highest BCUT2D eigenvalue weighted by Gasteiger charge is 2.20. The maximum Gasteiger partial charge on any atom is 0.230 e. The largest absolute Gasteiger partial charge is 0.274 e. The van der Waals surface area contributed by atoms with Crippen LogP contribution in [0.4, 0.5) is 15.2 Å². The predicted octanol–water partition coefficient (Wildman–Crippen LogP) is 6.53. The Balaban J connectivity index is 1.81. The van der Waals surface area contributed by atoms with Crippen LogP contribution in [0.15, 0.2) is 46.7 Å². The summed E-state index contributed by atoms with van der Waals surface area (Å²) in [6.45, 7) is 5.57. The molecule has 3 aromatic rings. The number of thioether (sulfide) groups is 1. The number of amides is 1. The Morgan fingerprint density at radius 1 is 1.30 bits per heavy atom. The molecule has 0 N–H and O–H groups in total. The first-order chi connectivity index (χ1) is 12.9. The number of hydrogen-bond donors (Lipinski definition) is 0. The summed E-state index contributed by atoms with van der Waals surface area (Å²) < 4.78 is 13.3. The number of anilines is 2. The minimum absolute atomic E-state index is 0.0810. The molecule has 0 aliphatic carbocycles. The van der Waals surface area contributed by atoms with E-state index in [0.29, 0.717) is 10.9 Å². The van der Waals surface area contributed by atoms with Crippen molar-refractivity contribution in [3.05, 3.63) is 69.4 Å². The van der Waals surface area contributed by atoms with Gasteiger partial charge in [-0.2, -0.15) is 0 Å². The molecule has 0 radical (unpaired) electrons. The van der Waals surface area contributed by atoms with Crippen molar-refractivity contribution in [2.45, 2.75) is 31.4 Å². The van der Waals surface area contributed by atoms with Crippen LogP contribution in [0.1, 0.15) is 23.7 Å². The molecule has 0 saturated heterocycles. The summed E-state index contributed by atoms with van der Waals surface area (Å²) in [6.07, 6.45) is 0. The average Bonchev–Trinajstić information content (AvgIpc) is 3.08. The number of thiazole rings is 1. The molecule has 0 aliphatic heterocycles. The number of aryl methyl sites for hydroxylation is 1. The molecule has 3 rings (SSSR count). The van der Waals surface area contributed by atoms with Crippen LogP contribution < -0.4 is 4.90 Å². The maximum atomic E-state index is 13.3. The van der Waals surface area contributed by atoms with Gasteiger partial charge >= 0.3 is 0 Å². The fourth-order valence-electron chi connectivity index (χ4n) is 2.57. The molecule has 27 heavy (non-hydrogen) atoms. The van der Waals surface area contributed by atoms with Crippen molar-refractivity contribution >= 4 is 51.4 Å². The highest BCUT2D eigenvalue weighted by atomic mass is 35.5. The lowest BCUT2D eigenvalue weighted by Crippen LogP contribution is -2.23. The zero-order valence-corrected chi connectivity index (χ0v) is 17.5. The smallest absolute Gasteiger partial charge is 0.230 e. The third kappa shape index (κ3) is 4.51. The first-order valence-electron chi connectivity index (χ1n) is 8.26. The Hall–Kier alpha value is -1.89. The van der Waals surface area contributed by atoms with Gasteiger partial charge < -0.3 is 0 Å². The molecule has 0 bridgehead atoms. The Bertz CT molecular complexity index is 990. The minimum atomic E-state index is -0.428. The molecule has 0 unspecified atom stereocenters. The van der Waals surface area contributed by atoms with E-state index in [1.807, 2.05) is 37.4 Å². The van der Waals surface area contributed by atoms with Crippen molar-refractivity contribution in [2.24, 2.45) is 0 Å². The fourth-order valence-corrected chi connectivity index (χ4v) is 4.63. The van der Waals surface area contributed by atoms with Crippen molar-refractivity contribution in [1.82, 2.24) is 4.98 Å². The van der Waals surface area contributed by atoms with Crippen LogP contribution in [0.3, 0.4) is 0 Å². The van der Waals surface area contributed by atoms with Gasteiger partial charge in [-0.05, 0) is 49.2 Å². The van der Waals surface area contributed by atoms with Gasteiger partial charge in [-0.1, -0.05) is 23.7 Å². The third-order valence-electron chi connectivity index (χ3n) is 4.14. The molecule has 3 nitrogen and oxygen atoms in total. The first-order valence-corrected chi connectivity index (χ1v) is 10.5. The summed E-state index contributed by atoms with van der Waals surface area (Å²) in [6, 6.07) is 10.5. The van der Waals surface area contributed by atoms with Crippen molar-refractivity contribution in [2.75, 3.05) is 4.90 Å². The molecule has 1 heterocycles. The van der Waals surface area contributed by atoms with Gasteiger partial charge in [-0.15, -0.1) is 23.1 Å². The molecule has 0 fully saturated rings. The number of aromatic nitrogens is 1. The van der Waals surface area contributed by atoms with Crippen LogP contribution in [-0.2, 0) is 10.5 Å². The van der Waals surface area contributed by atoms with E-state index in [-0.39, 0.29) is 10.9 Å². The monoisotopic (exact) mass is 420 g/mol. The summed E-state index contributed by atoms with van der Waals surface area (Å²) in [5.74, 6) is 0.0990. The Morgan fingerprint density at radius 2 is 2.07 bits per heavy atom. The lowest BCUT2D eigenvalue weighted by Gasteiger charge is -2.21. The first kappa shape index (κ1) is 19.9. The second-order valence-electron chi connectivity index (χ2n) is 6.06. The number of carbonyl (C=O) groups excluding carboxylic acids is 1. The lowest BCUT2D eigenvalue weighted by molar-refractivity contribution is -0.115. The molecule has 0 atom stereocenters. The molecule has 2 aromatic carbocycles. The number of hydrogen-bond acceptors (Lipinski definition) is 4. The number of benzene rings is 2. The van der Waals surface area contributed by atoms with E-state index in [0.717, 1.165) is 27.4 Å². The molecule has 0 saturated carbocycles. The summed E-state index contributed by atoms with van der Waals surface area (Å²) in [4.78, 5) is 19.5. The standard InChI is InChI=1S/C20H18ClFN2OS2/c1-12-5-4-6-19(13(12)2)24(14(3)25)20-23-15(11-27-20)10-26-16-7-8-18(22)17(21)9-16/h4-9,11H,10H2,1-3H3. The number of nitrogens with zero attached hydrogens (tertiary/aromatic N) is 2. The summed E-state index contributed by atoms with van der Waals surface area (Å²) >= 11 is 8.78. The van der Waals surface area contributed by atoms with Crippen LogP contribution in [0.2, 0.25) is 5.02 Å². The van der Waals surface area contributed by atoms with Gasteiger partial charge in [0.1, 0.15) is 5.82 Å². The molecular weight excluding hydrogens is 403 g/mol. The molecule has 1 amide bonds. The number of rotatable bonds is 5. The van der Waals surface area contributed by atoms with E-state index >= 15 is 0 Å². The minimum Gasteiger partial charge on any atom is -0.274 e. The third-order valence-corrected chi connectivity index (χ3v) is 6.33. The predicted molar refractivity (Wildman–Crippen MR) is 112 cm³/mol. The van der Waals surface area contributed by atoms with Crippen LogP contribution >= 0.6 is 34.7 Å². The maximum absolute atomic E-state index is 13.3. The summed E-state index contributed by atoms with van der Waals surface area (Å²) in [5.41, 5.74) is 3.89. The van der Waals surface area contributed by atoms with Crippen LogP contribution in [0, 0.1) is 19.7 Å². The van der Waals surface area contributed by atoms with Gasteiger partial charge in [0.15, 0.2) is 5.13 Å². The number of halogens is 2. The molecule has 1 aromatic heterocycles. The van der Waals surface area contributed by atoms with Gasteiger partial charge in [-0.25, -0.2) is 9.37 Å². The Labute approximate surface area is 171 Å². The second kappa shape index (κ2) is 8.42. The topological polar surface area (TPSA) is 33.2 Å². The van der Waals surface area contributed by atoms with Crippen molar-refractivity contribution < 1.29 is 9.18 Å². The van der Waals surface area contributed by atoms with Gasteiger partial charge in [0.2, 0.25) is 5.91 Å². The summed E-state index contributed by atoms with van der Waals surface area (Å²) in [5, 5.41) is 2.69. The molecule has 7 heteroatoms. The molecule has 0 spiro atoms. The zero-order valence-electron chi connectivity index (χ0n) is 15.1. The van der Waals surface area contributed by atoms with Crippen LogP contribution in [0.25, 0.3) is 0 Å². The zero-order chi connectivity index (χ0) is 19.6. The Kier molecular flexibility index (Phi) is 6.19. The van der Waals surface area contributed by atoms with Crippen LogP contribution in [0.5, 0.6) is 0 Å². The van der Waals surface area contributed by atoms with Crippen molar-refractivity contribution in [3.63, 3.8) is 0 Å². The normalized spacial score (nSPS) is 10.9. The molecular formula is C20H18ClFN2OS2. The number of carbonyl (C=O) groups is 1. The highest BCUT2D eigenvalue weighted by molar-refractivity contribution is 7.98. The highest BCUT2D eigenvalue weighted by Crippen LogP contribution is 2.34. The van der Waals surface area contributed by atoms with Gasteiger partial charge in [0.05, 0.1) is 16.4 Å². The van der Waals surface area contributed by atoms with Gasteiger partial charge in [0, 0.05) is 23.0 Å². The SMILES string of the molecule is CC(=O)N(c1nc(CSc2ccc(F)c(Cl)c2)cs1)c1cccc(C)c1C. The van der Waals surface area contributed by atoms with E-state index in [2.05, 4.69) is 4.98 Å². The molecule has 140 valence electrons. The quantitative estimate of drug-likeness (QED) is 0.440. The van der Waals surface area contributed by atoms with Gasteiger partial charge in [0.25, 0.3) is 0 Å². The van der Waals surface area contributed by atoms with E-state index in [1.165, 1.54) is 36.1 Å². The summed E-state index contributed by atoms with van der Waals surface area (Å²) in [7, 11) is 0. The van der Waals surface area contributed by atoms with Gasteiger partial charge in [-0.3, -0.25) is 9.69 Å². The fraction of sp³-hybridized carbons (Fsp3) is 0.200. The van der Waals surface area contributed by atoms with E-state index < -0.39 is 5.82 Å². The van der Waals surface area contributed by atoms with E-state index in [4.69, 9.17) is 11.6 Å². The van der Waals surface area contributed by atoms with Crippen LogP contribution in [-0.4, -0.2) is 10.9 Å². The van der Waals surface area contributed by atoms with E-state index in [1.54, 1.807) is 17.0 Å². The Morgan fingerprint density at radius 3 is 2.78 bits per heavy atom.